The summed E-state index contributed by atoms with van der Waals surface area (Å²) in [4.78, 5) is 18.6. The largest absolute Gasteiger partial charge is 0.497 e. The van der Waals surface area contributed by atoms with Gasteiger partial charge in [0.05, 0.1) is 24.1 Å². The van der Waals surface area contributed by atoms with E-state index < -0.39 is 16.1 Å². The summed E-state index contributed by atoms with van der Waals surface area (Å²) in [5, 5.41) is 0. The zero-order valence-electron chi connectivity index (χ0n) is 24.8. The number of likely N-dealkylation sites (tertiary alicyclic amines) is 1. The SMILES string of the molecule is COc1cc(C)c(S(=O)(=O)N2CCn3cccc3C2CC(=O)N2CCCCCC2c2ccc(N(C)C)cc2)c(C)c1. The van der Waals surface area contributed by atoms with Crippen LogP contribution in [0.2, 0.25) is 0 Å². The third kappa shape index (κ3) is 5.75. The van der Waals surface area contributed by atoms with Crippen LogP contribution in [0.5, 0.6) is 5.75 Å². The number of carbonyl (C=O) groups excluding carboxylic acids is 1. The Labute approximate surface area is 244 Å². The highest BCUT2D eigenvalue weighted by Gasteiger charge is 2.40. The van der Waals surface area contributed by atoms with Gasteiger partial charge in [-0.3, -0.25) is 4.79 Å². The number of aromatic nitrogens is 1. The minimum Gasteiger partial charge on any atom is -0.497 e. The van der Waals surface area contributed by atoms with E-state index in [4.69, 9.17) is 4.74 Å². The van der Waals surface area contributed by atoms with Crippen LogP contribution in [0.15, 0.2) is 59.6 Å². The lowest BCUT2D eigenvalue weighted by molar-refractivity contribution is -0.134. The summed E-state index contributed by atoms with van der Waals surface area (Å²) in [6, 6.07) is 15.3. The van der Waals surface area contributed by atoms with E-state index in [1.165, 1.54) is 0 Å². The molecule has 0 bridgehead atoms. The summed E-state index contributed by atoms with van der Waals surface area (Å²) in [6.45, 7) is 5.14. The van der Waals surface area contributed by atoms with E-state index in [1.54, 1.807) is 37.4 Å². The molecule has 5 rings (SSSR count). The summed E-state index contributed by atoms with van der Waals surface area (Å²) in [6.07, 6.45) is 6.07. The smallest absolute Gasteiger partial charge is 0.244 e. The lowest BCUT2D eigenvalue weighted by Crippen LogP contribution is -2.45. The molecule has 8 nitrogen and oxygen atoms in total. The van der Waals surface area contributed by atoms with Gasteiger partial charge in [0.15, 0.2) is 0 Å². The van der Waals surface area contributed by atoms with E-state index >= 15 is 0 Å². The van der Waals surface area contributed by atoms with Crippen LogP contribution in [0.4, 0.5) is 5.69 Å². The number of nitrogens with zero attached hydrogens (tertiary/aromatic N) is 4. The van der Waals surface area contributed by atoms with Crippen LogP contribution < -0.4 is 9.64 Å². The molecule has 0 radical (unpaired) electrons. The number of aryl methyl sites for hydroxylation is 2. The topological polar surface area (TPSA) is 75.1 Å². The van der Waals surface area contributed by atoms with Gasteiger partial charge in [0.2, 0.25) is 15.9 Å². The number of carbonyl (C=O) groups is 1. The Bertz CT molecular complexity index is 1470. The molecule has 9 heteroatoms. The van der Waals surface area contributed by atoms with E-state index in [2.05, 4.69) is 33.7 Å². The fourth-order valence-electron chi connectivity index (χ4n) is 6.52. The molecule has 0 spiro atoms. The number of anilines is 1. The Morgan fingerprint density at radius 1 is 0.976 bits per heavy atom. The first-order valence-electron chi connectivity index (χ1n) is 14.5. The monoisotopic (exact) mass is 578 g/mol. The van der Waals surface area contributed by atoms with E-state index in [0.717, 1.165) is 42.6 Å². The third-order valence-electron chi connectivity index (χ3n) is 8.59. The lowest BCUT2D eigenvalue weighted by atomic mass is 9.99. The maximum atomic E-state index is 14.3. The molecule has 2 aromatic carbocycles. The van der Waals surface area contributed by atoms with Crippen molar-refractivity contribution in [3.63, 3.8) is 0 Å². The second-order valence-electron chi connectivity index (χ2n) is 11.5. The molecular formula is C32H42N4O4S. The number of sulfonamides is 1. The summed E-state index contributed by atoms with van der Waals surface area (Å²) in [5.41, 5.74) is 4.39. The van der Waals surface area contributed by atoms with Crippen molar-refractivity contribution >= 4 is 21.6 Å². The van der Waals surface area contributed by atoms with E-state index in [-0.39, 0.29) is 18.4 Å². The first-order valence-corrected chi connectivity index (χ1v) is 15.9. The van der Waals surface area contributed by atoms with E-state index in [9.17, 15) is 13.2 Å². The van der Waals surface area contributed by atoms with Crippen molar-refractivity contribution in [3.8, 4) is 5.75 Å². The van der Waals surface area contributed by atoms with Crippen molar-refractivity contribution in [2.75, 3.05) is 39.2 Å². The molecule has 220 valence electrons. The van der Waals surface area contributed by atoms with Gasteiger partial charge in [-0.05, 0) is 79.8 Å². The summed E-state index contributed by atoms with van der Waals surface area (Å²) in [7, 11) is 1.73. The molecule has 2 atom stereocenters. The van der Waals surface area contributed by atoms with Crippen LogP contribution in [0.3, 0.4) is 0 Å². The van der Waals surface area contributed by atoms with Crippen LogP contribution in [0.1, 0.15) is 66.6 Å². The summed E-state index contributed by atoms with van der Waals surface area (Å²) < 4.78 is 37.6. The minimum absolute atomic E-state index is 0.00314. The van der Waals surface area contributed by atoms with Gasteiger partial charge in [0, 0.05) is 57.7 Å². The molecule has 3 aromatic rings. The van der Waals surface area contributed by atoms with Crippen LogP contribution in [-0.2, 0) is 21.4 Å². The van der Waals surface area contributed by atoms with Gasteiger partial charge in [-0.15, -0.1) is 0 Å². The third-order valence-corrected chi connectivity index (χ3v) is 10.8. The molecule has 2 unspecified atom stereocenters. The molecule has 2 aliphatic heterocycles. The molecular weight excluding hydrogens is 536 g/mol. The Morgan fingerprint density at radius 2 is 1.68 bits per heavy atom. The summed E-state index contributed by atoms with van der Waals surface area (Å²) >= 11 is 0. The van der Waals surface area contributed by atoms with Gasteiger partial charge in [-0.25, -0.2) is 8.42 Å². The van der Waals surface area contributed by atoms with Crippen LogP contribution in [0.25, 0.3) is 0 Å². The molecule has 3 heterocycles. The standard InChI is InChI=1S/C32H42N4O4S/c1-23-20-27(40-5)21-24(2)32(23)41(38,39)36-19-18-34-16-9-11-29(34)30(36)22-31(37)35-17-8-6-7-10-28(35)25-12-14-26(15-13-25)33(3)4/h9,11-16,20-21,28,30H,6-8,10,17-19,22H2,1-5H3. The Kier molecular flexibility index (Phi) is 8.47. The average Bonchev–Trinajstić information content (AvgIpc) is 3.29. The normalized spacial score (nSPS) is 19.9. The number of hydrogen-bond donors (Lipinski definition) is 0. The highest BCUT2D eigenvalue weighted by molar-refractivity contribution is 7.89. The molecule has 1 saturated heterocycles. The minimum atomic E-state index is -3.89. The molecule has 1 fully saturated rings. The number of methoxy groups -OCH3 is 1. The van der Waals surface area contributed by atoms with Crippen molar-refractivity contribution in [2.45, 2.75) is 69.5 Å². The van der Waals surface area contributed by atoms with Gasteiger partial charge in [0.25, 0.3) is 0 Å². The van der Waals surface area contributed by atoms with Gasteiger partial charge >= 0.3 is 0 Å². The van der Waals surface area contributed by atoms with Crippen molar-refractivity contribution in [1.82, 2.24) is 13.8 Å². The van der Waals surface area contributed by atoms with Crippen LogP contribution >= 0.6 is 0 Å². The molecule has 0 aliphatic carbocycles. The van der Waals surface area contributed by atoms with Gasteiger partial charge in [0.1, 0.15) is 5.75 Å². The number of ether oxygens (including phenoxy) is 1. The highest BCUT2D eigenvalue weighted by Crippen LogP contribution is 2.39. The number of rotatable bonds is 7. The molecule has 41 heavy (non-hydrogen) atoms. The number of benzene rings is 2. The van der Waals surface area contributed by atoms with Gasteiger partial charge in [-0.1, -0.05) is 25.0 Å². The average molecular weight is 579 g/mol. The quantitative estimate of drug-likeness (QED) is 0.372. The Hall–Kier alpha value is -3.30. The van der Waals surface area contributed by atoms with Crippen LogP contribution in [0, 0.1) is 13.8 Å². The molecule has 2 aliphatic rings. The fourth-order valence-corrected chi connectivity index (χ4v) is 8.53. The number of hydrogen-bond acceptors (Lipinski definition) is 5. The van der Waals surface area contributed by atoms with Crippen LogP contribution in [-0.4, -0.2) is 62.4 Å². The van der Waals surface area contributed by atoms with E-state index in [0.29, 0.717) is 41.4 Å². The Morgan fingerprint density at radius 3 is 2.34 bits per heavy atom. The van der Waals surface area contributed by atoms with Gasteiger partial charge < -0.3 is 19.1 Å². The number of amides is 1. The second-order valence-corrected chi connectivity index (χ2v) is 13.3. The molecule has 0 saturated carbocycles. The zero-order valence-corrected chi connectivity index (χ0v) is 25.7. The molecule has 0 N–H and O–H groups in total. The number of fused-ring (bicyclic) bond motifs is 1. The van der Waals surface area contributed by atoms with Crippen molar-refractivity contribution in [3.05, 3.63) is 77.1 Å². The fraction of sp³-hybridized carbons (Fsp3) is 0.469. The lowest BCUT2D eigenvalue weighted by Gasteiger charge is -2.38. The first-order chi connectivity index (χ1) is 19.6. The van der Waals surface area contributed by atoms with E-state index in [1.807, 2.05) is 37.3 Å². The predicted molar refractivity (Wildman–Crippen MR) is 162 cm³/mol. The summed E-state index contributed by atoms with van der Waals surface area (Å²) in [5.74, 6) is 0.626. The highest BCUT2D eigenvalue weighted by atomic mass is 32.2. The molecule has 1 aromatic heterocycles. The zero-order chi connectivity index (χ0) is 29.3. The second kappa shape index (κ2) is 11.9. The van der Waals surface area contributed by atoms with Crippen molar-refractivity contribution in [2.24, 2.45) is 0 Å². The van der Waals surface area contributed by atoms with Gasteiger partial charge in [-0.2, -0.15) is 4.31 Å². The van der Waals surface area contributed by atoms with Crippen molar-refractivity contribution < 1.29 is 17.9 Å². The van der Waals surface area contributed by atoms with Crippen molar-refractivity contribution in [1.29, 1.82) is 0 Å². The maximum Gasteiger partial charge on any atom is 0.244 e. The Balaban J connectivity index is 1.48. The first kappa shape index (κ1) is 29.2. The molecule has 1 amide bonds. The predicted octanol–water partition coefficient (Wildman–Crippen LogP) is 5.46. The maximum absolute atomic E-state index is 14.3.